The van der Waals surface area contributed by atoms with Crippen LogP contribution in [0.2, 0.25) is 0 Å². The third kappa shape index (κ3) is 3.96. The minimum atomic E-state index is -3.21. The van der Waals surface area contributed by atoms with Crippen molar-refractivity contribution in [2.24, 2.45) is 17.8 Å². The highest BCUT2D eigenvalue weighted by molar-refractivity contribution is 7.88. The normalized spacial score (nSPS) is 37.8. The molecule has 0 aromatic carbocycles. The van der Waals surface area contributed by atoms with Gasteiger partial charge in [0.2, 0.25) is 10.0 Å². The smallest absolute Gasteiger partial charge is 0.270 e. The first kappa shape index (κ1) is 21.2. The summed E-state index contributed by atoms with van der Waals surface area (Å²) in [6, 6.07) is 5.54. The molecule has 4 saturated carbocycles. The summed E-state index contributed by atoms with van der Waals surface area (Å²) >= 11 is 0. The van der Waals surface area contributed by atoms with E-state index in [1.807, 2.05) is 19.1 Å². The lowest BCUT2D eigenvalue weighted by atomic mass is 9.52. The van der Waals surface area contributed by atoms with Gasteiger partial charge in [-0.25, -0.2) is 13.4 Å². The Kier molecular flexibility index (Phi) is 5.06. The fraction of sp³-hybridized carbons (Fsp3) is 0.727. The van der Waals surface area contributed by atoms with Gasteiger partial charge in [0.25, 0.3) is 5.91 Å². The van der Waals surface area contributed by atoms with E-state index in [0.717, 1.165) is 32.1 Å². The molecule has 0 radical (unpaired) electrons. The molecular weight excluding hydrogens is 416 g/mol. The number of piperazine rings is 1. The van der Waals surface area contributed by atoms with E-state index in [2.05, 4.69) is 15.2 Å². The summed E-state index contributed by atoms with van der Waals surface area (Å²) in [5.74, 6) is 1.85. The van der Waals surface area contributed by atoms with Crippen LogP contribution in [-0.2, 0) is 10.0 Å². The first-order chi connectivity index (χ1) is 14.6. The van der Waals surface area contributed by atoms with Gasteiger partial charge in [-0.05, 0) is 68.9 Å². The van der Waals surface area contributed by atoms with Crippen molar-refractivity contribution in [3.05, 3.63) is 23.9 Å². The van der Waals surface area contributed by atoms with Crippen molar-refractivity contribution in [1.82, 2.24) is 14.6 Å². The number of aliphatic hydroxyl groups is 1. The molecule has 2 heterocycles. The number of sulfonamides is 1. The highest BCUT2D eigenvalue weighted by Gasteiger charge is 2.55. The van der Waals surface area contributed by atoms with E-state index in [1.165, 1.54) is 10.6 Å². The molecule has 8 nitrogen and oxygen atoms in total. The van der Waals surface area contributed by atoms with Crippen LogP contribution in [0.1, 0.15) is 49.5 Å². The summed E-state index contributed by atoms with van der Waals surface area (Å²) in [4.78, 5) is 19.8. The molecule has 5 aliphatic rings. The lowest BCUT2D eigenvalue weighted by Gasteiger charge is -2.58. The number of nitrogens with zero attached hydrogens (tertiary/aromatic N) is 3. The van der Waals surface area contributed by atoms with Crippen molar-refractivity contribution >= 4 is 21.7 Å². The molecule has 1 saturated heterocycles. The number of anilines is 1. The number of carbonyl (C=O) groups is 1. The average molecular weight is 449 g/mol. The van der Waals surface area contributed by atoms with Gasteiger partial charge in [-0.15, -0.1) is 0 Å². The van der Waals surface area contributed by atoms with Crippen LogP contribution in [0.15, 0.2) is 18.2 Å². The maximum Gasteiger partial charge on any atom is 0.270 e. The highest BCUT2D eigenvalue weighted by Crippen LogP contribution is 2.55. The zero-order chi connectivity index (χ0) is 22.0. The molecule has 2 unspecified atom stereocenters. The predicted molar refractivity (Wildman–Crippen MR) is 117 cm³/mol. The number of aromatic nitrogens is 1. The first-order valence-electron chi connectivity index (χ1n) is 11.3. The minimum absolute atomic E-state index is 0.0283. The fourth-order valence-electron chi connectivity index (χ4n) is 6.72. The van der Waals surface area contributed by atoms with Gasteiger partial charge < -0.3 is 15.3 Å². The lowest BCUT2D eigenvalue weighted by Crippen LogP contribution is -2.61. The van der Waals surface area contributed by atoms with Crippen molar-refractivity contribution in [3.63, 3.8) is 0 Å². The van der Waals surface area contributed by atoms with E-state index in [4.69, 9.17) is 0 Å². The van der Waals surface area contributed by atoms with Crippen LogP contribution in [-0.4, -0.2) is 72.3 Å². The molecule has 170 valence electrons. The maximum atomic E-state index is 13.1. The third-order valence-electron chi connectivity index (χ3n) is 7.86. The Morgan fingerprint density at radius 1 is 1.19 bits per heavy atom. The summed E-state index contributed by atoms with van der Waals surface area (Å²) in [5.41, 5.74) is -0.122. The molecular formula is C22H32N4O4S. The fourth-order valence-corrected chi connectivity index (χ4v) is 7.62. The third-order valence-corrected chi connectivity index (χ3v) is 9.13. The second-order valence-electron chi connectivity index (χ2n) is 10.2. The number of carbonyl (C=O) groups excluding carboxylic acids is 1. The Labute approximate surface area is 184 Å². The summed E-state index contributed by atoms with van der Waals surface area (Å²) in [6.45, 7) is 3.34. The molecule has 0 spiro atoms. The lowest BCUT2D eigenvalue weighted by molar-refractivity contribution is -0.136. The Bertz CT molecular complexity index is 967. The highest BCUT2D eigenvalue weighted by atomic mass is 32.2. The van der Waals surface area contributed by atoms with Crippen molar-refractivity contribution in [2.45, 2.75) is 56.7 Å². The van der Waals surface area contributed by atoms with E-state index in [9.17, 15) is 18.3 Å². The molecule has 1 aliphatic heterocycles. The van der Waals surface area contributed by atoms with E-state index >= 15 is 0 Å². The van der Waals surface area contributed by atoms with E-state index < -0.39 is 15.6 Å². The molecule has 9 heteroatoms. The topological polar surface area (TPSA) is 103 Å². The Balaban J connectivity index is 1.28. The second kappa shape index (κ2) is 7.42. The molecule has 1 aromatic heterocycles. The van der Waals surface area contributed by atoms with Crippen molar-refractivity contribution < 1.29 is 18.3 Å². The molecule has 31 heavy (non-hydrogen) atoms. The number of rotatable bonds is 4. The van der Waals surface area contributed by atoms with Gasteiger partial charge in [0.1, 0.15) is 11.5 Å². The zero-order valence-electron chi connectivity index (χ0n) is 18.2. The van der Waals surface area contributed by atoms with Gasteiger partial charge in [-0.2, -0.15) is 4.31 Å². The van der Waals surface area contributed by atoms with Crippen LogP contribution in [0.25, 0.3) is 0 Å². The summed E-state index contributed by atoms with van der Waals surface area (Å²) in [6.07, 6.45) is 5.94. The number of amides is 1. The van der Waals surface area contributed by atoms with Crippen LogP contribution < -0.4 is 10.2 Å². The molecule has 1 amide bonds. The molecule has 6 rings (SSSR count). The number of hydrogen-bond donors (Lipinski definition) is 2. The zero-order valence-corrected chi connectivity index (χ0v) is 19.0. The summed E-state index contributed by atoms with van der Waals surface area (Å²) in [7, 11) is -3.21. The molecule has 4 aliphatic carbocycles. The molecule has 1 aromatic rings. The van der Waals surface area contributed by atoms with Crippen molar-refractivity contribution in [2.75, 3.05) is 30.8 Å². The van der Waals surface area contributed by atoms with Gasteiger partial charge in [-0.1, -0.05) is 6.07 Å². The number of nitrogens with one attached hydrogen (secondary N) is 1. The minimum Gasteiger partial charge on any atom is -0.390 e. The van der Waals surface area contributed by atoms with Gasteiger partial charge in [0, 0.05) is 31.7 Å². The van der Waals surface area contributed by atoms with Gasteiger partial charge in [-0.3, -0.25) is 4.79 Å². The summed E-state index contributed by atoms with van der Waals surface area (Å²) < 4.78 is 25.2. The Morgan fingerprint density at radius 2 is 1.90 bits per heavy atom. The molecule has 5 fully saturated rings. The van der Waals surface area contributed by atoms with Gasteiger partial charge in [0.05, 0.1) is 11.9 Å². The Morgan fingerprint density at radius 3 is 2.52 bits per heavy atom. The monoisotopic (exact) mass is 448 g/mol. The maximum absolute atomic E-state index is 13.1. The standard InChI is InChI=1S/C22H32N4O4S/c1-14-13-25(31(2,29)30)6-7-26(14)19-5-3-4-18(23-19)21(27)24-20-16-8-15-9-17(20)12-22(28,10-15)11-16/h3-5,14-17,20,28H,6-13H2,1-2H3,(H,24,27)/t14-,15?,16?,17?,20-,22-/m1/s1. The summed E-state index contributed by atoms with van der Waals surface area (Å²) in [5, 5.41) is 14.0. The molecule has 3 atom stereocenters. The van der Waals surface area contributed by atoms with Crippen LogP contribution in [0.3, 0.4) is 0 Å². The number of pyridine rings is 1. The predicted octanol–water partition coefficient (Wildman–Crippen LogP) is 1.22. The van der Waals surface area contributed by atoms with Crippen molar-refractivity contribution in [1.29, 1.82) is 0 Å². The van der Waals surface area contributed by atoms with Gasteiger partial charge in [0.15, 0.2) is 0 Å². The SMILES string of the molecule is C[C@@H]1CN(S(C)(=O)=O)CCN1c1cccc(C(=O)N[C@H]2C3CC4CC2C[C@](O)(C4)C3)n1. The molecule has 4 bridgehead atoms. The first-order valence-corrected chi connectivity index (χ1v) is 13.2. The quantitative estimate of drug-likeness (QED) is 0.718. The van der Waals surface area contributed by atoms with Crippen LogP contribution >= 0.6 is 0 Å². The molecule has 2 N–H and O–H groups in total. The van der Waals surface area contributed by atoms with Crippen molar-refractivity contribution in [3.8, 4) is 0 Å². The van der Waals surface area contributed by atoms with Crippen LogP contribution in [0, 0.1) is 17.8 Å². The largest absolute Gasteiger partial charge is 0.390 e. The van der Waals surface area contributed by atoms with Crippen LogP contribution in [0.5, 0.6) is 0 Å². The van der Waals surface area contributed by atoms with E-state index in [0.29, 0.717) is 48.9 Å². The second-order valence-corrected chi connectivity index (χ2v) is 12.2. The van der Waals surface area contributed by atoms with E-state index in [1.54, 1.807) is 6.07 Å². The number of hydrogen-bond acceptors (Lipinski definition) is 6. The Hall–Kier alpha value is -1.71. The average Bonchev–Trinajstić information content (AvgIpc) is 2.68. The van der Waals surface area contributed by atoms with E-state index in [-0.39, 0.29) is 18.0 Å². The van der Waals surface area contributed by atoms with Crippen LogP contribution in [0.4, 0.5) is 5.82 Å². The van der Waals surface area contributed by atoms with Gasteiger partial charge >= 0.3 is 0 Å².